The highest BCUT2D eigenvalue weighted by Gasteiger charge is 2.52. The Morgan fingerprint density at radius 1 is 1.28 bits per heavy atom. The molecule has 0 aliphatic carbocycles. The van der Waals surface area contributed by atoms with E-state index in [-0.39, 0.29) is 5.60 Å². The summed E-state index contributed by atoms with van der Waals surface area (Å²) in [5.74, 6) is 1.32. The number of likely N-dealkylation sites (tertiary alicyclic amines) is 1. The summed E-state index contributed by atoms with van der Waals surface area (Å²) < 4.78 is 8.02. The number of hydrogen-bond donors (Lipinski definition) is 1. The molecule has 7 heteroatoms. The van der Waals surface area contributed by atoms with Crippen molar-refractivity contribution in [1.82, 2.24) is 24.6 Å². The van der Waals surface area contributed by atoms with Crippen LogP contribution < -0.4 is 5.32 Å². The topological polar surface area (TPSA) is 68.1 Å². The summed E-state index contributed by atoms with van der Waals surface area (Å²) in [4.78, 5) is 11.1. The van der Waals surface area contributed by atoms with Crippen LogP contribution in [0.5, 0.6) is 0 Å². The number of hydrogen-bond acceptors (Lipinski definition) is 6. The van der Waals surface area contributed by atoms with E-state index in [9.17, 15) is 0 Å². The lowest BCUT2D eigenvalue weighted by Crippen LogP contribution is -2.64. The van der Waals surface area contributed by atoms with Gasteiger partial charge in [0.25, 0.3) is 0 Å². The molecule has 0 aromatic carbocycles. The SMILES string of the molecule is Cc1cnc(NCCC2CCOC23CN(Cc2cnn(C)c2)C3)nc1. The van der Waals surface area contributed by atoms with E-state index in [4.69, 9.17) is 4.74 Å². The van der Waals surface area contributed by atoms with Crippen LogP contribution in [-0.4, -0.2) is 56.5 Å². The number of ether oxygens (including phenoxy) is 1. The van der Waals surface area contributed by atoms with E-state index >= 15 is 0 Å². The highest BCUT2D eigenvalue weighted by Crippen LogP contribution is 2.42. The Balaban J connectivity index is 1.26. The Morgan fingerprint density at radius 2 is 2.08 bits per heavy atom. The molecule has 2 aliphatic rings. The summed E-state index contributed by atoms with van der Waals surface area (Å²) in [6.45, 7) is 6.77. The predicted molar refractivity (Wildman–Crippen MR) is 95.2 cm³/mol. The van der Waals surface area contributed by atoms with Crippen LogP contribution in [0.3, 0.4) is 0 Å². The number of aryl methyl sites for hydroxylation is 2. The molecule has 4 heterocycles. The van der Waals surface area contributed by atoms with E-state index in [0.29, 0.717) is 11.9 Å². The van der Waals surface area contributed by atoms with Gasteiger partial charge in [-0.25, -0.2) is 9.97 Å². The van der Waals surface area contributed by atoms with Gasteiger partial charge >= 0.3 is 0 Å². The molecule has 4 rings (SSSR count). The standard InChI is InChI=1S/C18H26N6O/c1-14-7-20-17(21-8-14)19-5-3-16-4-6-25-18(16)12-24(13-18)11-15-9-22-23(2)10-15/h7-10,16H,3-6,11-13H2,1-2H3,(H,19,20,21). The van der Waals surface area contributed by atoms with Gasteiger partial charge in [0.05, 0.1) is 11.8 Å². The molecule has 1 atom stereocenters. The average Bonchev–Trinajstić information content (AvgIpc) is 3.16. The zero-order valence-corrected chi connectivity index (χ0v) is 15.0. The van der Waals surface area contributed by atoms with Crippen molar-refractivity contribution in [3.63, 3.8) is 0 Å². The second-order valence-corrected chi connectivity index (χ2v) is 7.37. The molecule has 2 aliphatic heterocycles. The summed E-state index contributed by atoms with van der Waals surface area (Å²) in [6, 6.07) is 0. The normalized spacial score (nSPS) is 22.2. The van der Waals surface area contributed by atoms with E-state index in [1.807, 2.05) is 37.2 Å². The van der Waals surface area contributed by atoms with Crippen LogP contribution in [0.1, 0.15) is 24.0 Å². The third-order valence-electron chi connectivity index (χ3n) is 5.30. The zero-order valence-electron chi connectivity index (χ0n) is 15.0. The van der Waals surface area contributed by atoms with Crippen molar-refractivity contribution in [2.45, 2.75) is 31.9 Å². The number of aromatic nitrogens is 4. The third kappa shape index (κ3) is 3.52. The maximum Gasteiger partial charge on any atom is 0.222 e. The lowest BCUT2D eigenvalue weighted by molar-refractivity contribution is -0.136. The minimum absolute atomic E-state index is 0.0536. The van der Waals surface area contributed by atoms with Crippen LogP contribution in [0.15, 0.2) is 24.8 Å². The van der Waals surface area contributed by atoms with Crippen LogP contribution in [0, 0.1) is 12.8 Å². The van der Waals surface area contributed by atoms with E-state index in [1.54, 1.807) is 0 Å². The van der Waals surface area contributed by atoms with E-state index in [1.165, 1.54) is 5.56 Å². The molecule has 0 saturated carbocycles. The van der Waals surface area contributed by atoms with Gasteiger partial charge in [-0.1, -0.05) is 0 Å². The molecule has 0 bridgehead atoms. The molecule has 7 nitrogen and oxygen atoms in total. The van der Waals surface area contributed by atoms with Crippen LogP contribution in [0.25, 0.3) is 0 Å². The molecular formula is C18H26N6O. The van der Waals surface area contributed by atoms with Gasteiger partial charge in [0.2, 0.25) is 5.95 Å². The minimum atomic E-state index is 0.0536. The van der Waals surface area contributed by atoms with Gasteiger partial charge in [-0.2, -0.15) is 5.10 Å². The zero-order chi connectivity index (χ0) is 17.3. The number of nitrogens with zero attached hydrogens (tertiary/aromatic N) is 5. The molecule has 0 radical (unpaired) electrons. The van der Waals surface area contributed by atoms with Gasteiger partial charge in [-0.3, -0.25) is 9.58 Å². The van der Waals surface area contributed by atoms with Gasteiger partial charge < -0.3 is 10.1 Å². The maximum atomic E-state index is 6.16. The summed E-state index contributed by atoms with van der Waals surface area (Å²) in [5.41, 5.74) is 2.40. The predicted octanol–water partition coefficient (Wildman–Crippen LogP) is 1.61. The summed E-state index contributed by atoms with van der Waals surface area (Å²) in [7, 11) is 1.96. The molecule has 2 aromatic heterocycles. The second-order valence-electron chi connectivity index (χ2n) is 7.37. The summed E-state index contributed by atoms with van der Waals surface area (Å²) >= 11 is 0. The molecule has 2 aromatic rings. The van der Waals surface area contributed by atoms with Gasteiger partial charge in [-0.05, 0) is 31.2 Å². The highest BCUT2D eigenvalue weighted by molar-refractivity contribution is 5.24. The smallest absolute Gasteiger partial charge is 0.222 e. The van der Waals surface area contributed by atoms with E-state index in [0.717, 1.165) is 51.2 Å². The van der Waals surface area contributed by atoms with Crippen molar-refractivity contribution in [2.75, 3.05) is 31.6 Å². The van der Waals surface area contributed by atoms with Crippen molar-refractivity contribution in [1.29, 1.82) is 0 Å². The van der Waals surface area contributed by atoms with Crippen molar-refractivity contribution in [2.24, 2.45) is 13.0 Å². The Bertz CT molecular complexity index is 707. The van der Waals surface area contributed by atoms with E-state index in [2.05, 4.69) is 31.5 Å². The summed E-state index contributed by atoms with van der Waals surface area (Å²) in [5, 5.41) is 7.58. The molecule has 2 fully saturated rings. The molecule has 25 heavy (non-hydrogen) atoms. The average molecular weight is 342 g/mol. The molecule has 1 N–H and O–H groups in total. The Labute approximate surface area is 148 Å². The largest absolute Gasteiger partial charge is 0.372 e. The number of rotatable bonds is 6. The Kier molecular flexibility index (Phi) is 4.43. The van der Waals surface area contributed by atoms with E-state index < -0.39 is 0 Å². The van der Waals surface area contributed by atoms with Crippen molar-refractivity contribution < 1.29 is 4.74 Å². The van der Waals surface area contributed by atoms with Crippen LogP contribution in [-0.2, 0) is 18.3 Å². The molecule has 0 amide bonds. The Hall–Kier alpha value is -1.99. The van der Waals surface area contributed by atoms with Gasteiger partial charge in [0.15, 0.2) is 0 Å². The summed E-state index contributed by atoms with van der Waals surface area (Å²) in [6.07, 6.45) is 9.97. The quantitative estimate of drug-likeness (QED) is 0.860. The molecular weight excluding hydrogens is 316 g/mol. The highest BCUT2D eigenvalue weighted by atomic mass is 16.5. The van der Waals surface area contributed by atoms with Crippen LogP contribution in [0.2, 0.25) is 0 Å². The monoisotopic (exact) mass is 342 g/mol. The molecule has 1 unspecified atom stereocenters. The van der Waals surface area contributed by atoms with Crippen molar-refractivity contribution in [3.05, 3.63) is 35.9 Å². The minimum Gasteiger partial charge on any atom is -0.372 e. The first-order valence-electron chi connectivity index (χ1n) is 8.99. The molecule has 2 saturated heterocycles. The first-order chi connectivity index (χ1) is 12.1. The third-order valence-corrected chi connectivity index (χ3v) is 5.30. The van der Waals surface area contributed by atoms with Crippen LogP contribution >= 0.6 is 0 Å². The second kappa shape index (κ2) is 6.72. The lowest BCUT2D eigenvalue weighted by atomic mass is 9.79. The van der Waals surface area contributed by atoms with Crippen molar-refractivity contribution >= 4 is 5.95 Å². The first kappa shape index (κ1) is 16.5. The van der Waals surface area contributed by atoms with Gasteiger partial charge in [-0.15, -0.1) is 0 Å². The Morgan fingerprint density at radius 3 is 2.80 bits per heavy atom. The maximum absolute atomic E-state index is 6.16. The van der Waals surface area contributed by atoms with Crippen LogP contribution in [0.4, 0.5) is 5.95 Å². The number of anilines is 1. The van der Waals surface area contributed by atoms with Gasteiger partial charge in [0.1, 0.15) is 0 Å². The first-order valence-corrected chi connectivity index (χ1v) is 8.99. The fourth-order valence-electron chi connectivity index (χ4n) is 4.02. The fourth-order valence-corrected chi connectivity index (χ4v) is 4.02. The lowest BCUT2D eigenvalue weighted by Gasteiger charge is -2.50. The van der Waals surface area contributed by atoms with Gasteiger partial charge in [0, 0.05) is 64.0 Å². The molecule has 1 spiro atoms. The fraction of sp³-hybridized carbons (Fsp3) is 0.611. The number of nitrogens with one attached hydrogen (secondary N) is 1. The van der Waals surface area contributed by atoms with Crippen molar-refractivity contribution in [3.8, 4) is 0 Å². The molecule has 134 valence electrons.